The fourth-order valence-corrected chi connectivity index (χ4v) is 1.48. The molecule has 0 fully saturated rings. The van der Waals surface area contributed by atoms with Gasteiger partial charge in [-0.2, -0.15) is 0 Å². The molecule has 0 saturated carbocycles. The van der Waals surface area contributed by atoms with Gasteiger partial charge in [0, 0.05) is 0 Å². The fraction of sp³-hybridized carbons (Fsp3) is 0.364. The first-order chi connectivity index (χ1) is 6.91. The van der Waals surface area contributed by atoms with Gasteiger partial charge in [-0.05, 0) is 19.4 Å². The first-order valence-corrected chi connectivity index (χ1v) is 4.55. The largest absolute Gasteiger partial charge is 0.479 e. The van der Waals surface area contributed by atoms with Gasteiger partial charge in [-0.3, -0.25) is 0 Å². The Morgan fingerprint density at radius 1 is 1.27 bits per heavy atom. The van der Waals surface area contributed by atoms with Crippen molar-refractivity contribution in [3.63, 3.8) is 0 Å². The van der Waals surface area contributed by atoms with Crippen LogP contribution < -0.4 is 0 Å². The van der Waals surface area contributed by atoms with Crippen LogP contribution in [0.5, 0.6) is 0 Å². The van der Waals surface area contributed by atoms with Crippen LogP contribution in [-0.2, 0) is 4.79 Å². The van der Waals surface area contributed by atoms with Crippen molar-refractivity contribution in [1.82, 2.24) is 0 Å². The van der Waals surface area contributed by atoms with Crippen molar-refractivity contribution in [2.75, 3.05) is 0 Å². The minimum Gasteiger partial charge on any atom is -0.479 e. The van der Waals surface area contributed by atoms with Crippen LogP contribution in [0.2, 0.25) is 0 Å². The molecule has 2 N–H and O–H groups in total. The van der Waals surface area contributed by atoms with Gasteiger partial charge in [0.1, 0.15) is 6.10 Å². The third-order valence-electron chi connectivity index (χ3n) is 2.10. The highest BCUT2D eigenvalue weighted by Gasteiger charge is 2.27. The molecule has 0 aliphatic rings. The third-order valence-corrected chi connectivity index (χ3v) is 2.10. The number of alkyl halides is 1. The van der Waals surface area contributed by atoms with Crippen LogP contribution in [0.15, 0.2) is 18.2 Å². The molecule has 0 bridgehead atoms. The van der Waals surface area contributed by atoms with Crippen molar-refractivity contribution in [3.05, 3.63) is 34.9 Å². The highest BCUT2D eigenvalue weighted by atomic mass is 19.1. The van der Waals surface area contributed by atoms with E-state index in [4.69, 9.17) is 5.11 Å². The summed E-state index contributed by atoms with van der Waals surface area (Å²) < 4.78 is 13.0. The molecule has 0 aliphatic carbocycles. The molecule has 0 aromatic heterocycles. The van der Waals surface area contributed by atoms with Crippen LogP contribution in [0.3, 0.4) is 0 Å². The van der Waals surface area contributed by atoms with Gasteiger partial charge < -0.3 is 10.2 Å². The smallest absolute Gasteiger partial charge is 0.341 e. The number of aryl methyl sites for hydroxylation is 2. The Kier molecular flexibility index (Phi) is 3.42. The zero-order valence-electron chi connectivity index (χ0n) is 8.57. The number of aliphatic carboxylic acids is 1. The zero-order valence-corrected chi connectivity index (χ0v) is 8.57. The molecule has 0 saturated heterocycles. The molecule has 0 radical (unpaired) electrons. The third kappa shape index (κ3) is 2.76. The van der Waals surface area contributed by atoms with E-state index in [-0.39, 0.29) is 0 Å². The molecule has 15 heavy (non-hydrogen) atoms. The van der Waals surface area contributed by atoms with Crippen LogP contribution in [0.25, 0.3) is 0 Å². The fourth-order valence-electron chi connectivity index (χ4n) is 1.48. The summed E-state index contributed by atoms with van der Waals surface area (Å²) in [5.41, 5.74) is 2.02. The van der Waals surface area contributed by atoms with Gasteiger partial charge in [0.25, 0.3) is 0 Å². The predicted molar refractivity (Wildman–Crippen MR) is 53.4 cm³/mol. The lowest BCUT2D eigenvalue weighted by Gasteiger charge is -2.13. The van der Waals surface area contributed by atoms with E-state index in [0.717, 1.165) is 11.1 Å². The Morgan fingerprint density at radius 2 is 1.73 bits per heavy atom. The normalized spacial score (nSPS) is 14.7. The first kappa shape index (κ1) is 11.7. The van der Waals surface area contributed by atoms with Crippen molar-refractivity contribution in [3.8, 4) is 0 Å². The second-order valence-electron chi connectivity index (χ2n) is 3.61. The summed E-state index contributed by atoms with van der Waals surface area (Å²) in [5, 5.41) is 17.9. The van der Waals surface area contributed by atoms with E-state index in [2.05, 4.69) is 0 Å². The maximum atomic E-state index is 13.0. The number of carbonyl (C=O) groups is 1. The zero-order chi connectivity index (χ0) is 11.6. The highest BCUT2D eigenvalue weighted by molar-refractivity contribution is 5.73. The summed E-state index contributed by atoms with van der Waals surface area (Å²) in [6.45, 7) is 3.61. The topological polar surface area (TPSA) is 57.5 Å². The Hall–Kier alpha value is -1.42. The highest BCUT2D eigenvalue weighted by Crippen LogP contribution is 2.21. The molecule has 1 aromatic carbocycles. The van der Waals surface area contributed by atoms with E-state index >= 15 is 0 Å². The minimum atomic E-state index is -2.29. The van der Waals surface area contributed by atoms with Gasteiger partial charge >= 0.3 is 5.97 Å². The number of hydrogen-bond acceptors (Lipinski definition) is 2. The molecule has 82 valence electrons. The lowest BCUT2D eigenvalue weighted by atomic mass is 10.0. The molecule has 2 atom stereocenters. The van der Waals surface area contributed by atoms with Gasteiger partial charge in [0.15, 0.2) is 0 Å². The van der Waals surface area contributed by atoms with Crippen molar-refractivity contribution < 1.29 is 19.4 Å². The molecule has 4 heteroatoms. The average molecular weight is 212 g/mol. The van der Waals surface area contributed by atoms with Gasteiger partial charge in [-0.15, -0.1) is 0 Å². The standard InChI is InChI=1S/C11H13FO3/c1-6-3-7(2)5-8(4-6)10(13)9(12)11(14)15/h3-5,9-10,13H,1-2H3,(H,14,15). The van der Waals surface area contributed by atoms with E-state index in [1.165, 1.54) is 0 Å². The maximum absolute atomic E-state index is 13.0. The molecular weight excluding hydrogens is 199 g/mol. The summed E-state index contributed by atoms with van der Waals surface area (Å²) in [6.07, 6.45) is -3.90. The predicted octanol–water partition coefficient (Wildman–Crippen LogP) is 1.76. The summed E-state index contributed by atoms with van der Waals surface area (Å²) in [6, 6.07) is 5.02. The molecule has 0 aliphatic heterocycles. The number of aliphatic hydroxyl groups is 1. The number of carboxylic acids is 1. The van der Waals surface area contributed by atoms with E-state index in [0.29, 0.717) is 5.56 Å². The van der Waals surface area contributed by atoms with Crippen molar-refractivity contribution >= 4 is 5.97 Å². The number of halogens is 1. The molecular formula is C11H13FO3. The second kappa shape index (κ2) is 4.40. The molecule has 3 nitrogen and oxygen atoms in total. The molecule has 1 aromatic rings. The van der Waals surface area contributed by atoms with Gasteiger partial charge in [0.05, 0.1) is 0 Å². The van der Waals surface area contributed by atoms with E-state index in [1.54, 1.807) is 26.0 Å². The van der Waals surface area contributed by atoms with Crippen molar-refractivity contribution in [2.24, 2.45) is 0 Å². The quantitative estimate of drug-likeness (QED) is 0.802. The molecule has 0 spiro atoms. The summed E-state index contributed by atoms with van der Waals surface area (Å²) >= 11 is 0. The number of carboxylic acid groups (broad SMARTS) is 1. The Bertz CT molecular complexity index is 356. The van der Waals surface area contributed by atoms with Gasteiger partial charge in [-0.25, -0.2) is 9.18 Å². The second-order valence-corrected chi connectivity index (χ2v) is 3.61. The number of hydrogen-bond donors (Lipinski definition) is 2. The molecule has 0 amide bonds. The van der Waals surface area contributed by atoms with Crippen LogP contribution in [0.4, 0.5) is 4.39 Å². The Labute approximate surface area is 87.2 Å². The average Bonchev–Trinajstić information content (AvgIpc) is 2.13. The van der Waals surface area contributed by atoms with Crippen LogP contribution >= 0.6 is 0 Å². The van der Waals surface area contributed by atoms with E-state index in [1.807, 2.05) is 6.07 Å². The summed E-state index contributed by atoms with van der Waals surface area (Å²) in [5.74, 6) is -1.65. The number of rotatable bonds is 3. The van der Waals surface area contributed by atoms with Crippen LogP contribution in [0, 0.1) is 13.8 Å². The van der Waals surface area contributed by atoms with Crippen molar-refractivity contribution in [1.29, 1.82) is 0 Å². The Morgan fingerprint density at radius 3 is 2.13 bits per heavy atom. The monoisotopic (exact) mass is 212 g/mol. The molecule has 1 rings (SSSR count). The molecule has 2 unspecified atom stereocenters. The summed E-state index contributed by atoms with van der Waals surface area (Å²) in [7, 11) is 0. The minimum absolute atomic E-state index is 0.294. The van der Waals surface area contributed by atoms with Gasteiger partial charge in [0.2, 0.25) is 6.17 Å². The Balaban J connectivity index is 3.00. The maximum Gasteiger partial charge on any atom is 0.341 e. The summed E-state index contributed by atoms with van der Waals surface area (Å²) in [4.78, 5) is 10.3. The lowest BCUT2D eigenvalue weighted by molar-refractivity contribution is -0.147. The first-order valence-electron chi connectivity index (χ1n) is 4.55. The van der Waals surface area contributed by atoms with E-state index < -0.39 is 18.2 Å². The van der Waals surface area contributed by atoms with Gasteiger partial charge in [-0.1, -0.05) is 29.3 Å². The van der Waals surface area contributed by atoms with Crippen LogP contribution in [-0.4, -0.2) is 22.4 Å². The number of aliphatic hydroxyl groups excluding tert-OH is 1. The lowest BCUT2D eigenvalue weighted by Crippen LogP contribution is -2.23. The van der Waals surface area contributed by atoms with E-state index in [9.17, 15) is 14.3 Å². The van der Waals surface area contributed by atoms with Crippen LogP contribution in [0.1, 0.15) is 22.8 Å². The molecule has 0 heterocycles. The SMILES string of the molecule is Cc1cc(C)cc(C(O)C(F)C(=O)O)c1. The number of benzene rings is 1. The van der Waals surface area contributed by atoms with Crippen molar-refractivity contribution in [2.45, 2.75) is 26.1 Å².